The van der Waals surface area contributed by atoms with Gasteiger partial charge in [0.2, 0.25) is 0 Å². The number of benzene rings is 1. The molecule has 3 aliphatic rings. The van der Waals surface area contributed by atoms with Crippen molar-refractivity contribution >= 4 is 52.5 Å². The van der Waals surface area contributed by atoms with Gasteiger partial charge in [0.15, 0.2) is 0 Å². The second kappa shape index (κ2) is 12.2. The van der Waals surface area contributed by atoms with Gasteiger partial charge in [-0.1, -0.05) is 56.2 Å². The van der Waals surface area contributed by atoms with Crippen LogP contribution < -0.4 is 10.1 Å². The minimum absolute atomic E-state index is 0.0289. The van der Waals surface area contributed by atoms with E-state index in [0.29, 0.717) is 21.2 Å². The van der Waals surface area contributed by atoms with Crippen molar-refractivity contribution in [2.24, 2.45) is 11.8 Å². The maximum atomic E-state index is 12.2. The number of hydrogen-bond acceptors (Lipinski definition) is 6. The molecule has 0 bridgehead atoms. The number of carbonyl (C=O) groups excluding carboxylic acids is 3. The zero-order valence-electron chi connectivity index (χ0n) is 18.3. The lowest BCUT2D eigenvalue weighted by Gasteiger charge is -2.20. The molecular weight excluding hydrogens is 466 g/mol. The van der Waals surface area contributed by atoms with Crippen LogP contribution in [0.4, 0.5) is 4.79 Å². The second-order valence-corrected chi connectivity index (χ2v) is 9.89. The number of ether oxygens (including phenoxy) is 1. The van der Waals surface area contributed by atoms with Gasteiger partial charge in [0, 0.05) is 0 Å². The number of thioether (sulfide) groups is 1. The summed E-state index contributed by atoms with van der Waals surface area (Å²) in [5, 5.41) is 10.6. The summed E-state index contributed by atoms with van der Waals surface area (Å²) in [5.74, 6) is -1.03. The van der Waals surface area contributed by atoms with Crippen molar-refractivity contribution in [3.63, 3.8) is 0 Å². The zero-order chi connectivity index (χ0) is 23.8. The van der Waals surface area contributed by atoms with Crippen LogP contribution in [0.5, 0.6) is 5.75 Å². The van der Waals surface area contributed by atoms with Crippen molar-refractivity contribution < 1.29 is 29.0 Å². The number of esters is 1. The van der Waals surface area contributed by atoms with E-state index >= 15 is 0 Å². The summed E-state index contributed by atoms with van der Waals surface area (Å²) in [5.41, 5.74) is 0.657. The lowest BCUT2D eigenvalue weighted by Crippen LogP contribution is -2.22. The van der Waals surface area contributed by atoms with E-state index in [2.05, 4.69) is 5.32 Å². The predicted octanol–water partition coefficient (Wildman–Crippen LogP) is 5.80. The Morgan fingerprint density at radius 1 is 1.00 bits per heavy atom. The van der Waals surface area contributed by atoms with Gasteiger partial charge in [-0.2, -0.15) is 0 Å². The van der Waals surface area contributed by atoms with Gasteiger partial charge in [0.05, 0.1) is 21.8 Å². The zero-order valence-corrected chi connectivity index (χ0v) is 19.9. The summed E-state index contributed by atoms with van der Waals surface area (Å²) in [4.78, 5) is 45.5. The van der Waals surface area contributed by atoms with Gasteiger partial charge in [0.1, 0.15) is 5.75 Å². The highest BCUT2D eigenvalue weighted by Crippen LogP contribution is 2.32. The van der Waals surface area contributed by atoms with E-state index in [1.165, 1.54) is 12.8 Å². The van der Waals surface area contributed by atoms with Gasteiger partial charge < -0.3 is 9.84 Å². The highest BCUT2D eigenvalue weighted by Gasteiger charge is 2.26. The van der Waals surface area contributed by atoms with Gasteiger partial charge in [-0.05, 0) is 61.2 Å². The van der Waals surface area contributed by atoms with Crippen LogP contribution in [-0.4, -0.2) is 28.2 Å². The Hall–Kier alpha value is -2.32. The molecule has 0 aromatic heterocycles. The number of carbonyl (C=O) groups is 4. The molecular formula is C24H28ClNO6S. The maximum absolute atomic E-state index is 12.2. The largest absolute Gasteiger partial charge is 0.481 e. The van der Waals surface area contributed by atoms with Gasteiger partial charge in [-0.25, -0.2) is 0 Å². The molecule has 0 atom stereocenters. The van der Waals surface area contributed by atoms with Crippen LogP contribution in [-0.2, 0) is 14.4 Å². The summed E-state index contributed by atoms with van der Waals surface area (Å²) in [6.07, 6.45) is 11.8. The second-order valence-electron chi connectivity index (χ2n) is 8.47. The number of hydrogen-bond donors (Lipinski definition) is 2. The first kappa shape index (κ1) is 25.3. The third-order valence-electron chi connectivity index (χ3n) is 6.00. The van der Waals surface area contributed by atoms with Gasteiger partial charge >= 0.3 is 11.9 Å². The van der Waals surface area contributed by atoms with Crippen LogP contribution in [0.15, 0.2) is 23.1 Å². The Bertz CT molecular complexity index is 935. The molecule has 0 radical (unpaired) electrons. The van der Waals surface area contributed by atoms with Gasteiger partial charge in [0.25, 0.3) is 11.1 Å². The lowest BCUT2D eigenvalue weighted by molar-refractivity contribution is -0.143. The highest BCUT2D eigenvalue weighted by molar-refractivity contribution is 8.18. The van der Waals surface area contributed by atoms with Crippen LogP contribution in [0.3, 0.4) is 0 Å². The van der Waals surface area contributed by atoms with Crippen molar-refractivity contribution in [3.8, 4) is 5.75 Å². The Kier molecular flexibility index (Phi) is 9.38. The molecule has 3 fully saturated rings. The number of amides is 2. The van der Waals surface area contributed by atoms with E-state index in [9.17, 15) is 19.2 Å². The van der Waals surface area contributed by atoms with Gasteiger partial charge in [-0.15, -0.1) is 0 Å². The first-order chi connectivity index (χ1) is 15.8. The van der Waals surface area contributed by atoms with Crippen molar-refractivity contribution in [1.29, 1.82) is 0 Å². The number of carboxylic acid groups (broad SMARTS) is 1. The van der Waals surface area contributed by atoms with Gasteiger partial charge in [-0.3, -0.25) is 24.5 Å². The van der Waals surface area contributed by atoms with E-state index < -0.39 is 17.1 Å². The summed E-state index contributed by atoms with van der Waals surface area (Å²) < 4.78 is 5.42. The van der Waals surface area contributed by atoms with Crippen LogP contribution in [0, 0.1) is 11.8 Å². The molecule has 2 amide bonds. The number of aliphatic carboxylic acids is 1. The molecule has 4 rings (SSSR count). The molecule has 1 aliphatic heterocycles. The van der Waals surface area contributed by atoms with Crippen LogP contribution in [0.1, 0.15) is 69.8 Å². The summed E-state index contributed by atoms with van der Waals surface area (Å²) in [7, 11) is 0. The predicted molar refractivity (Wildman–Crippen MR) is 127 cm³/mol. The van der Waals surface area contributed by atoms with Crippen molar-refractivity contribution in [3.05, 3.63) is 33.7 Å². The normalized spacial score (nSPS) is 20.7. The molecule has 2 saturated carbocycles. The van der Waals surface area contributed by atoms with Crippen LogP contribution >= 0.6 is 23.4 Å². The Labute approximate surface area is 202 Å². The SMILES string of the molecule is O=C(O)C1CCCCC1.O=C1NC(=O)/C(=C/c2ccc(OC(=O)C3CCCCC3)c(Cl)c2)S1. The fourth-order valence-electron chi connectivity index (χ4n) is 4.14. The Morgan fingerprint density at radius 3 is 2.09 bits per heavy atom. The van der Waals surface area contributed by atoms with E-state index in [-0.39, 0.29) is 17.8 Å². The monoisotopic (exact) mass is 493 g/mol. The molecule has 2 aliphatic carbocycles. The third-order valence-corrected chi connectivity index (χ3v) is 7.11. The fourth-order valence-corrected chi connectivity index (χ4v) is 5.05. The van der Waals surface area contributed by atoms with E-state index in [1.54, 1.807) is 24.3 Å². The Balaban J connectivity index is 0.000000286. The molecule has 178 valence electrons. The number of imide groups is 1. The quantitative estimate of drug-likeness (QED) is 0.310. The number of carboxylic acids is 1. The first-order valence-electron chi connectivity index (χ1n) is 11.3. The molecule has 2 N–H and O–H groups in total. The van der Waals surface area contributed by atoms with Crippen molar-refractivity contribution in [1.82, 2.24) is 5.32 Å². The van der Waals surface area contributed by atoms with E-state index in [1.807, 2.05) is 0 Å². The smallest absolute Gasteiger partial charge is 0.314 e. The molecule has 1 saturated heterocycles. The molecule has 1 aromatic rings. The fraction of sp³-hybridized carbons (Fsp3) is 0.500. The molecule has 7 nitrogen and oxygen atoms in total. The van der Waals surface area contributed by atoms with E-state index in [0.717, 1.165) is 63.1 Å². The maximum Gasteiger partial charge on any atom is 0.314 e. The highest BCUT2D eigenvalue weighted by atomic mass is 35.5. The topological polar surface area (TPSA) is 110 Å². The van der Waals surface area contributed by atoms with E-state index in [4.69, 9.17) is 21.4 Å². The first-order valence-corrected chi connectivity index (χ1v) is 12.5. The summed E-state index contributed by atoms with van der Waals surface area (Å²) in [6.45, 7) is 0. The molecule has 9 heteroatoms. The average Bonchev–Trinajstić information content (AvgIpc) is 3.13. The minimum atomic E-state index is -0.602. The van der Waals surface area contributed by atoms with Crippen molar-refractivity contribution in [2.45, 2.75) is 64.2 Å². The van der Waals surface area contributed by atoms with Crippen molar-refractivity contribution in [2.75, 3.05) is 0 Å². The molecule has 1 heterocycles. The molecule has 0 spiro atoms. The number of nitrogens with one attached hydrogen (secondary N) is 1. The average molecular weight is 494 g/mol. The standard InChI is InChI=1S/C17H16ClNO4S.C7H12O2/c18-12-8-10(9-14-15(20)19-17(22)24-14)6-7-13(12)23-16(21)11-4-2-1-3-5-11;8-7(9)6-4-2-1-3-5-6/h6-9,11H,1-5H2,(H,19,20,22);6H,1-5H2,(H,8,9)/b14-9-;. The molecule has 1 aromatic carbocycles. The lowest BCUT2D eigenvalue weighted by atomic mass is 9.89. The minimum Gasteiger partial charge on any atom is -0.481 e. The number of rotatable bonds is 4. The van der Waals surface area contributed by atoms with Crippen LogP contribution in [0.25, 0.3) is 6.08 Å². The Morgan fingerprint density at radius 2 is 1.61 bits per heavy atom. The summed E-state index contributed by atoms with van der Waals surface area (Å²) >= 11 is 7.02. The third kappa shape index (κ3) is 7.61. The molecule has 0 unspecified atom stereocenters. The van der Waals surface area contributed by atoms with Crippen LogP contribution in [0.2, 0.25) is 5.02 Å². The number of halogens is 1. The molecule has 33 heavy (non-hydrogen) atoms. The summed E-state index contributed by atoms with van der Waals surface area (Å²) in [6, 6.07) is 4.91.